The van der Waals surface area contributed by atoms with Crippen LogP contribution in [-0.4, -0.2) is 23.6 Å². The normalized spacial score (nSPS) is 11.3. The summed E-state index contributed by atoms with van der Waals surface area (Å²) in [6, 6.07) is 23.6. The van der Waals surface area contributed by atoms with Gasteiger partial charge in [0.15, 0.2) is 0 Å². The number of hydrogen-bond donors (Lipinski definition) is 0. The average Bonchev–Trinajstić information content (AvgIpc) is 2.74. The molecule has 1 heterocycles. The molecule has 0 aliphatic carbocycles. The molecule has 0 saturated heterocycles. The number of fused-ring (bicyclic) bond motifs is 1. The zero-order chi connectivity index (χ0) is 20.4. The van der Waals surface area contributed by atoms with Crippen LogP contribution in [0.15, 0.2) is 77.6 Å². The molecular formula is C24H20IN3O. The van der Waals surface area contributed by atoms with Crippen molar-refractivity contribution in [3.8, 4) is 5.69 Å². The van der Waals surface area contributed by atoms with E-state index in [0.29, 0.717) is 16.7 Å². The molecular weight excluding hydrogens is 473 g/mol. The fraction of sp³-hybridized carbons (Fsp3) is 0.0833. The number of nitrogens with zero attached hydrogens (tertiary/aromatic N) is 3. The monoisotopic (exact) mass is 493 g/mol. The number of benzene rings is 3. The van der Waals surface area contributed by atoms with Gasteiger partial charge in [0.25, 0.3) is 5.56 Å². The second-order valence-corrected chi connectivity index (χ2v) is 8.17. The minimum atomic E-state index is -0.0673. The highest BCUT2D eigenvalue weighted by Crippen LogP contribution is 2.18. The summed E-state index contributed by atoms with van der Waals surface area (Å²) in [4.78, 5) is 20.2. The molecule has 0 aliphatic rings. The van der Waals surface area contributed by atoms with Crippen LogP contribution in [0.25, 0.3) is 28.7 Å². The largest absolute Gasteiger partial charge is 0.378 e. The Bertz CT molecular complexity index is 1240. The van der Waals surface area contributed by atoms with Crippen LogP contribution in [-0.2, 0) is 0 Å². The summed E-state index contributed by atoms with van der Waals surface area (Å²) in [5.41, 5.74) is 3.62. The summed E-state index contributed by atoms with van der Waals surface area (Å²) in [6.07, 6.45) is 3.88. The minimum absolute atomic E-state index is 0.0673. The first kappa shape index (κ1) is 19.4. The van der Waals surface area contributed by atoms with Crippen molar-refractivity contribution >= 4 is 51.3 Å². The number of aromatic nitrogens is 2. The zero-order valence-corrected chi connectivity index (χ0v) is 18.4. The summed E-state index contributed by atoms with van der Waals surface area (Å²) in [6.45, 7) is 0. The lowest BCUT2D eigenvalue weighted by Gasteiger charge is -2.12. The highest BCUT2D eigenvalue weighted by Gasteiger charge is 2.11. The van der Waals surface area contributed by atoms with E-state index in [1.165, 1.54) is 0 Å². The van der Waals surface area contributed by atoms with E-state index in [1.807, 2.05) is 74.8 Å². The van der Waals surface area contributed by atoms with Crippen molar-refractivity contribution in [3.05, 3.63) is 98.1 Å². The van der Waals surface area contributed by atoms with Crippen molar-refractivity contribution in [3.63, 3.8) is 0 Å². The van der Waals surface area contributed by atoms with Crippen molar-refractivity contribution in [2.75, 3.05) is 19.0 Å². The first-order valence-corrected chi connectivity index (χ1v) is 10.3. The molecule has 1 aromatic heterocycles. The molecule has 0 amide bonds. The Morgan fingerprint density at radius 2 is 1.66 bits per heavy atom. The Kier molecular flexibility index (Phi) is 5.49. The van der Waals surface area contributed by atoms with Crippen molar-refractivity contribution < 1.29 is 0 Å². The Morgan fingerprint density at radius 3 is 2.34 bits per heavy atom. The smallest absolute Gasteiger partial charge is 0.266 e. The third-order valence-corrected chi connectivity index (χ3v) is 5.38. The van der Waals surface area contributed by atoms with E-state index < -0.39 is 0 Å². The van der Waals surface area contributed by atoms with Crippen molar-refractivity contribution in [2.24, 2.45) is 0 Å². The fourth-order valence-electron chi connectivity index (χ4n) is 3.17. The van der Waals surface area contributed by atoms with Crippen molar-refractivity contribution in [2.45, 2.75) is 0 Å². The number of anilines is 1. The van der Waals surface area contributed by atoms with Gasteiger partial charge >= 0.3 is 0 Å². The highest BCUT2D eigenvalue weighted by molar-refractivity contribution is 14.1. The lowest BCUT2D eigenvalue weighted by molar-refractivity contribution is 0.944. The van der Waals surface area contributed by atoms with Gasteiger partial charge in [-0.25, -0.2) is 4.98 Å². The molecule has 4 rings (SSSR count). The first-order valence-electron chi connectivity index (χ1n) is 9.26. The average molecular weight is 493 g/mol. The lowest BCUT2D eigenvalue weighted by Crippen LogP contribution is -2.22. The SMILES string of the molecule is CN(C)c1ccc(C=Cc2nc3ccc(I)cc3c(=O)n2-c2ccccc2)cc1. The number of halogens is 1. The van der Waals surface area contributed by atoms with Gasteiger partial charge in [0.1, 0.15) is 5.82 Å². The third-order valence-electron chi connectivity index (χ3n) is 4.70. The molecule has 0 aliphatic heterocycles. The molecule has 4 nitrogen and oxygen atoms in total. The molecule has 5 heteroatoms. The highest BCUT2D eigenvalue weighted by atomic mass is 127. The van der Waals surface area contributed by atoms with Gasteiger partial charge in [0.05, 0.1) is 16.6 Å². The van der Waals surface area contributed by atoms with E-state index in [-0.39, 0.29) is 5.56 Å². The molecule has 3 aromatic carbocycles. The molecule has 0 unspecified atom stereocenters. The van der Waals surface area contributed by atoms with Gasteiger partial charge in [0.2, 0.25) is 0 Å². The fourth-order valence-corrected chi connectivity index (χ4v) is 3.66. The molecule has 0 radical (unpaired) electrons. The van der Waals surface area contributed by atoms with E-state index in [9.17, 15) is 4.79 Å². The Labute approximate surface area is 183 Å². The van der Waals surface area contributed by atoms with Crippen molar-refractivity contribution in [1.82, 2.24) is 9.55 Å². The van der Waals surface area contributed by atoms with Crippen LogP contribution in [0.5, 0.6) is 0 Å². The second-order valence-electron chi connectivity index (χ2n) is 6.93. The Hall–Kier alpha value is -2.93. The summed E-state index contributed by atoms with van der Waals surface area (Å²) < 4.78 is 2.68. The molecule has 0 bridgehead atoms. The van der Waals surface area contributed by atoms with E-state index in [1.54, 1.807) is 4.57 Å². The van der Waals surface area contributed by atoms with Gasteiger partial charge in [-0.3, -0.25) is 9.36 Å². The zero-order valence-electron chi connectivity index (χ0n) is 16.2. The maximum Gasteiger partial charge on any atom is 0.266 e. The molecule has 0 N–H and O–H groups in total. The van der Waals surface area contributed by atoms with Gasteiger partial charge in [-0.1, -0.05) is 36.4 Å². The first-order chi connectivity index (χ1) is 14.0. The van der Waals surface area contributed by atoms with Gasteiger partial charge in [-0.05, 0) is 76.7 Å². The van der Waals surface area contributed by atoms with Gasteiger partial charge in [-0.2, -0.15) is 0 Å². The van der Waals surface area contributed by atoms with Crippen LogP contribution in [0, 0.1) is 3.57 Å². The van der Waals surface area contributed by atoms with Crippen molar-refractivity contribution in [1.29, 1.82) is 0 Å². The van der Waals surface area contributed by atoms with E-state index >= 15 is 0 Å². The summed E-state index contributed by atoms with van der Waals surface area (Å²) in [5.74, 6) is 0.603. The van der Waals surface area contributed by atoms with Gasteiger partial charge in [-0.15, -0.1) is 0 Å². The van der Waals surface area contributed by atoms with E-state index in [0.717, 1.165) is 20.5 Å². The van der Waals surface area contributed by atoms with Crippen LogP contribution in [0.2, 0.25) is 0 Å². The van der Waals surface area contributed by atoms with Crippen LogP contribution < -0.4 is 10.5 Å². The predicted octanol–water partition coefficient (Wildman–Crippen LogP) is 5.23. The van der Waals surface area contributed by atoms with Crippen LogP contribution >= 0.6 is 22.6 Å². The van der Waals surface area contributed by atoms with E-state index in [2.05, 4.69) is 51.8 Å². The van der Waals surface area contributed by atoms with Crippen LogP contribution in [0.3, 0.4) is 0 Å². The topological polar surface area (TPSA) is 38.1 Å². The Balaban J connectivity index is 1.86. The quantitative estimate of drug-likeness (QED) is 0.366. The van der Waals surface area contributed by atoms with E-state index in [4.69, 9.17) is 4.98 Å². The molecule has 0 fully saturated rings. The lowest BCUT2D eigenvalue weighted by atomic mass is 10.1. The predicted molar refractivity (Wildman–Crippen MR) is 130 cm³/mol. The summed E-state index contributed by atoms with van der Waals surface area (Å²) in [5, 5.41) is 0.619. The summed E-state index contributed by atoms with van der Waals surface area (Å²) >= 11 is 2.22. The Morgan fingerprint density at radius 1 is 0.931 bits per heavy atom. The summed E-state index contributed by atoms with van der Waals surface area (Å²) in [7, 11) is 4.03. The molecule has 29 heavy (non-hydrogen) atoms. The second kappa shape index (κ2) is 8.21. The number of hydrogen-bond acceptors (Lipinski definition) is 3. The molecule has 0 saturated carbocycles. The van der Waals surface area contributed by atoms with Crippen LogP contribution in [0.1, 0.15) is 11.4 Å². The number of rotatable bonds is 4. The molecule has 0 atom stereocenters. The molecule has 144 valence electrons. The standard InChI is InChI=1S/C24H20IN3O/c1-27(2)19-12-8-17(9-13-19)10-15-23-26-22-14-11-18(25)16-21(22)24(29)28(23)20-6-4-3-5-7-20/h3-16H,1-2H3. The minimum Gasteiger partial charge on any atom is -0.378 e. The molecule has 4 aromatic rings. The maximum atomic E-state index is 13.3. The van der Waals surface area contributed by atoms with Crippen LogP contribution in [0.4, 0.5) is 5.69 Å². The van der Waals surface area contributed by atoms with Gasteiger partial charge < -0.3 is 4.90 Å². The maximum absolute atomic E-state index is 13.3. The molecule has 0 spiro atoms. The number of para-hydroxylation sites is 1. The van der Waals surface area contributed by atoms with Gasteiger partial charge in [0, 0.05) is 23.4 Å². The third kappa shape index (κ3) is 4.10.